The van der Waals surface area contributed by atoms with Crippen molar-refractivity contribution in [3.05, 3.63) is 0 Å². The first-order chi connectivity index (χ1) is 16.0. The Labute approximate surface area is 204 Å². The van der Waals surface area contributed by atoms with Crippen molar-refractivity contribution in [2.45, 2.75) is 92.9 Å². The second kappa shape index (κ2) is 13.1. The fraction of sp³-hybridized carbons (Fsp3) is 0.846. The monoisotopic (exact) mass is 480 g/mol. The third-order valence-electron chi connectivity index (χ3n) is 7.90. The molecule has 2 amide bonds. The van der Waals surface area contributed by atoms with E-state index in [1.54, 1.807) is 0 Å². The molecule has 2 N–H and O–H groups in total. The van der Waals surface area contributed by atoms with Gasteiger partial charge in [0.1, 0.15) is 0 Å². The number of hydrogen-bond donors (Lipinski definition) is 2. The Morgan fingerprint density at radius 3 is 1.35 bits per heavy atom. The van der Waals surface area contributed by atoms with Crippen molar-refractivity contribution >= 4 is 23.8 Å². The maximum Gasteiger partial charge on any atom is 0.443 e. The van der Waals surface area contributed by atoms with E-state index in [-0.39, 0.29) is 24.7 Å². The van der Waals surface area contributed by atoms with Crippen LogP contribution >= 0.6 is 0 Å². The van der Waals surface area contributed by atoms with Crippen molar-refractivity contribution in [1.29, 1.82) is 0 Å². The van der Waals surface area contributed by atoms with Crippen LogP contribution in [0.15, 0.2) is 0 Å². The van der Waals surface area contributed by atoms with E-state index in [9.17, 15) is 19.2 Å². The molecule has 2 aliphatic rings. The minimum atomic E-state index is -1.38. The van der Waals surface area contributed by atoms with Crippen LogP contribution in [0.25, 0.3) is 0 Å². The molecule has 8 nitrogen and oxygen atoms in total. The highest BCUT2D eigenvalue weighted by Gasteiger charge is 2.34. The van der Waals surface area contributed by atoms with Crippen molar-refractivity contribution in [1.82, 2.24) is 11.0 Å². The summed E-state index contributed by atoms with van der Waals surface area (Å²) in [5, 5.41) is 0. The number of carbonyl (C=O) groups is 4. The van der Waals surface area contributed by atoms with Crippen molar-refractivity contribution < 1.29 is 28.9 Å². The van der Waals surface area contributed by atoms with Gasteiger partial charge < -0.3 is 9.68 Å². The zero-order valence-corrected chi connectivity index (χ0v) is 21.7. The van der Waals surface area contributed by atoms with Gasteiger partial charge in [-0.15, -0.1) is 0 Å². The van der Waals surface area contributed by atoms with Gasteiger partial charge in [0.25, 0.3) is 11.8 Å². The first kappa shape index (κ1) is 28.1. The molecule has 0 aliphatic heterocycles. The summed E-state index contributed by atoms with van der Waals surface area (Å²) in [7, 11) is 0. The third kappa shape index (κ3) is 8.58. The number of hydroxylamine groups is 2. The second-order valence-corrected chi connectivity index (χ2v) is 11.4. The summed E-state index contributed by atoms with van der Waals surface area (Å²) in [5.74, 6) is -0.268. The number of nitrogens with one attached hydrogen (secondary N) is 2. The highest BCUT2D eigenvalue weighted by Crippen LogP contribution is 2.40. The van der Waals surface area contributed by atoms with Crippen molar-refractivity contribution in [3.8, 4) is 0 Å². The van der Waals surface area contributed by atoms with Gasteiger partial charge in [-0.2, -0.15) is 11.0 Å². The summed E-state index contributed by atoms with van der Waals surface area (Å²) in [6.45, 7) is 13.0. The molecule has 6 atom stereocenters. The Bertz CT molecular complexity index is 662. The van der Waals surface area contributed by atoms with Crippen molar-refractivity contribution in [2.75, 3.05) is 0 Å². The van der Waals surface area contributed by atoms with Gasteiger partial charge in [-0.1, -0.05) is 54.4 Å². The molecule has 0 aromatic rings. The smallest absolute Gasteiger partial charge is 0.330 e. The summed E-state index contributed by atoms with van der Waals surface area (Å²) in [6, 6.07) is 0. The normalized spacial score (nSPS) is 29.4. The van der Waals surface area contributed by atoms with E-state index in [0.717, 1.165) is 38.5 Å². The Morgan fingerprint density at radius 2 is 1.03 bits per heavy atom. The minimum absolute atomic E-state index is 0.214. The van der Waals surface area contributed by atoms with Crippen LogP contribution in [0.1, 0.15) is 92.9 Å². The van der Waals surface area contributed by atoms with Crippen LogP contribution in [-0.4, -0.2) is 23.8 Å². The van der Waals surface area contributed by atoms with E-state index in [4.69, 9.17) is 0 Å². The van der Waals surface area contributed by atoms with Crippen LogP contribution in [0.4, 0.5) is 0 Å². The lowest BCUT2D eigenvalue weighted by atomic mass is 9.69. The summed E-state index contributed by atoms with van der Waals surface area (Å²) in [6.07, 6.45) is 6.87. The molecule has 8 heteroatoms. The topological polar surface area (TPSA) is 111 Å². The Morgan fingerprint density at radius 1 is 0.676 bits per heavy atom. The predicted octanol–water partition coefficient (Wildman–Crippen LogP) is 4.33. The van der Waals surface area contributed by atoms with E-state index in [0.29, 0.717) is 35.5 Å². The van der Waals surface area contributed by atoms with Crippen LogP contribution in [0.5, 0.6) is 0 Å². The van der Waals surface area contributed by atoms with Crippen LogP contribution in [0.2, 0.25) is 0 Å². The molecule has 0 saturated heterocycles. The van der Waals surface area contributed by atoms with Crippen molar-refractivity contribution in [2.24, 2.45) is 47.3 Å². The lowest BCUT2D eigenvalue weighted by molar-refractivity contribution is -0.179. The SMILES string of the molecule is CC1CCC(C(C)C)C(CC(=O)NOC(=O)C(=O)ONC(=O)CC2CC(C)CCC2C(C)C)C1. The summed E-state index contributed by atoms with van der Waals surface area (Å²) in [4.78, 5) is 57.6. The highest BCUT2D eigenvalue weighted by atomic mass is 16.7. The Balaban J connectivity index is 1.73. The molecule has 6 unspecified atom stereocenters. The Hall–Kier alpha value is -2.12. The number of rotatable bonds is 6. The number of carbonyl (C=O) groups excluding carboxylic acids is 4. The molecular formula is C26H44N2O6. The first-order valence-corrected chi connectivity index (χ1v) is 13.0. The largest absolute Gasteiger partial charge is 0.443 e. The van der Waals surface area contributed by atoms with Gasteiger partial charge in [0.05, 0.1) is 0 Å². The highest BCUT2D eigenvalue weighted by molar-refractivity contribution is 6.29. The number of hydrogen-bond acceptors (Lipinski definition) is 6. The van der Waals surface area contributed by atoms with E-state index in [2.05, 4.69) is 62.2 Å². The van der Waals surface area contributed by atoms with Crippen LogP contribution < -0.4 is 11.0 Å². The molecule has 0 aromatic carbocycles. The second-order valence-electron chi connectivity index (χ2n) is 11.4. The standard InChI is InChI=1S/C26H44N2O6/c1-15(2)21-9-7-17(5)11-19(21)13-23(29)27-33-25(31)26(32)34-28-24(30)14-20-12-18(6)8-10-22(20)16(3)4/h15-22H,7-14H2,1-6H3,(H,27,29)(H,28,30). The molecule has 0 radical (unpaired) electrons. The molecular weight excluding hydrogens is 436 g/mol. The van der Waals surface area contributed by atoms with E-state index < -0.39 is 23.8 Å². The first-order valence-electron chi connectivity index (χ1n) is 13.0. The fourth-order valence-corrected chi connectivity index (χ4v) is 6.12. The molecule has 2 aliphatic carbocycles. The quantitative estimate of drug-likeness (QED) is 0.432. The zero-order valence-electron chi connectivity index (χ0n) is 21.7. The van der Waals surface area contributed by atoms with Gasteiger partial charge >= 0.3 is 11.9 Å². The van der Waals surface area contributed by atoms with Crippen molar-refractivity contribution in [3.63, 3.8) is 0 Å². The summed E-state index contributed by atoms with van der Waals surface area (Å²) in [5.41, 5.74) is 4.12. The van der Waals surface area contributed by atoms with Gasteiger partial charge in [0, 0.05) is 12.8 Å². The molecule has 0 aromatic heterocycles. The molecule has 34 heavy (non-hydrogen) atoms. The fourth-order valence-electron chi connectivity index (χ4n) is 6.12. The van der Waals surface area contributed by atoms with E-state index >= 15 is 0 Å². The third-order valence-corrected chi connectivity index (χ3v) is 7.90. The average molecular weight is 481 g/mol. The molecule has 2 saturated carbocycles. The van der Waals surface area contributed by atoms with Crippen LogP contribution in [0.3, 0.4) is 0 Å². The predicted molar refractivity (Wildman–Crippen MR) is 127 cm³/mol. The lowest BCUT2D eigenvalue weighted by Crippen LogP contribution is -2.38. The molecule has 0 heterocycles. The maximum absolute atomic E-state index is 12.3. The Kier molecular flexibility index (Phi) is 10.8. The van der Waals surface area contributed by atoms with Gasteiger partial charge in [0.2, 0.25) is 0 Å². The van der Waals surface area contributed by atoms with Gasteiger partial charge in [-0.3, -0.25) is 9.59 Å². The maximum atomic E-state index is 12.3. The van der Waals surface area contributed by atoms with Gasteiger partial charge in [-0.25, -0.2) is 9.59 Å². The van der Waals surface area contributed by atoms with Crippen LogP contribution in [0, 0.1) is 47.3 Å². The van der Waals surface area contributed by atoms with E-state index in [1.807, 2.05) is 0 Å². The average Bonchev–Trinajstić information content (AvgIpc) is 2.75. The molecule has 2 fully saturated rings. The number of amides is 2. The van der Waals surface area contributed by atoms with Gasteiger partial charge in [-0.05, 0) is 73.0 Å². The van der Waals surface area contributed by atoms with Gasteiger partial charge in [0.15, 0.2) is 0 Å². The molecule has 194 valence electrons. The zero-order chi connectivity index (χ0) is 25.4. The molecule has 2 rings (SSSR count). The van der Waals surface area contributed by atoms with Crippen LogP contribution in [-0.2, 0) is 28.9 Å². The lowest BCUT2D eigenvalue weighted by Gasteiger charge is -2.37. The molecule has 0 bridgehead atoms. The molecule has 0 spiro atoms. The van der Waals surface area contributed by atoms with E-state index in [1.165, 1.54) is 0 Å². The summed E-state index contributed by atoms with van der Waals surface area (Å²) < 4.78 is 0. The minimum Gasteiger partial charge on any atom is -0.330 e. The summed E-state index contributed by atoms with van der Waals surface area (Å²) >= 11 is 0.